The standard InChI is InChI=1S/C25H33N3O4/c1-16-9-7-8-10-18(16)23(29)26-15-20-19-14-22(32-6)21(31-5)13-17(19)11-12-28(20)24(30)27-25(2,3)4/h7-10,13-14,20H,11-12,15H2,1-6H3,(H,26,29)(H,27,30)/t20-/m0/s1. The number of rotatable bonds is 5. The largest absolute Gasteiger partial charge is 0.493 e. The van der Waals surface area contributed by atoms with Gasteiger partial charge in [-0.1, -0.05) is 18.2 Å². The van der Waals surface area contributed by atoms with Crippen LogP contribution in [0.5, 0.6) is 11.5 Å². The Labute approximate surface area is 190 Å². The number of hydrogen-bond donors (Lipinski definition) is 2. The molecule has 2 aromatic rings. The van der Waals surface area contributed by atoms with Crippen LogP contribution in [0.25, 0.3) is 0 Å². The molecule has 1 aliphatic rings. The number of nitrogens with zero attached hydrogens (tertiary/aromatic N) is 1. The SMILES string of the molecule is COc1cc2c(cc1OC)[C@H](CNC(=O)c1ccccc1C)N(C(=O)NC(C)(C)C)CC2. The number of nitrogens with one attached hydrogen (secondary N) is 2. The molecule has 172 valence electrons. The van der Waals surface area contributed by atoms with Gasteiger partial charge in [-0.25, -0.2) is 4.79 Å². The number of amides is 3. The van der Waals surface area contributed by atoms with E-state index in [2.05, 4.69) is 10.6 Å². The molecule has 1 heterocycles. The lowest BCUT2D eigenvalue weighted by Crippen LogP contribution is -2.53. The molecule has 0 aromatic heterocycles. The van der Waals surface area contributed by atoms with Crippen molar-refractivity contribution in [3.8, 4) is 11.5 Å². The van der Waals surface area contributed by atoms with Crippen LogP contribution in [-0.4, -0.2) is 49.7 Å². The fraction of sp³-hybridized carbons (Fsp3) is 0.440. The maximum atomic E-state index is 13.1. The monoisotopic (exact) mass is 439 g/mol. The minimum absolute atomic E-state index is 0.159. The normalized spacial score (nSPS) is 15.6. The first kappa shape index (κ1) is 23.4. The van der Waals surface area contributed by atoms with Gasteiger partial charge in [0.2, 0.25) is 0 Å². The molecule has 0 fully saturated rings. The molecule has 3 rings (SSSR count). The van der Waals surface area contributed by atoms with Gasteiger partial charge in [0.25, 0.3) is 5.91 Å². The summed E-state index contributed by atoms with van der Waals surface area (Å²) in [6.07, 6.45) is 0.690. The number of benzene rings is 2. The smallest absolute Gasteiger partial charge is 0.318 e. The molecule has 7 nitrogen and oxygen atoms in total. The van der Waals surface area contributed by atoms with Crippen molar-refractivity contribution in [2.24, 2.45) is 0 Å². The van der Waals surface area contributed by atoms with E-state index in [0.717, 1.165) is 16.7 Å². The Bertz CT molecular complexity index is 997. The molecule has 0 unspecified atom stereocenters. The van der Waals surface area contributed by atoms with Gasteiger partial charge in [-0.05, 0) is 69.0 Å². The van der Waals surface area contributed by atoms with Gasteiger partial charge in [0.15, 0.2) is 11.5 Å². The summed E-state index contributed by atoms with van der Waals surface area (Å²) in [5.74, 6) is 1.09. The second kappa shape index (κ2) is 9.51. The highest BCUT2D eigenvalue weighted by molar-refractivity contribution is 5.95. The Morgan fingerprint density at radius 2 is 1.75 bits per heavy atom. The first-order valence-corrected chi connectivity index (χ1v) is 10.8. The van der Waals surface area contributed by atoms with E-state index < -0.39 is 0 Å². The summed E-state index contributed by atoms with van der Waals surface area (Å²) in [4.78, 5) is 27.8. The van der Waals surface area contributed by atoms with Gasteiger partial charge in [-0.2, -0.15) is 0 Å². The fourth-order valence-electron chi connectivity index (χ4n) is 4.00. The zero-order valence-electron chi connectivity index (χ0n) is 19.7. The number of ether oxygens (including phenoxy) is 2. The number of hydrogen-bond acceptors (Lipinski definition) is 4. The Balaban J connectivity index is 1.93. The van der Waals surface area contributed by atoms with E-state index in [-0.39, 0.29) is 30.1 Å². The number of fused-ring (bicyclic) bond motifs is 1. The van der Waals surface area contributed by atoms with Crippen LogP contribution in [0.1, 0.15) is 53.9 Å². The van der Waals surface area contributed by atoms with Crippen molar-refractivity contribution >= 4 is 11.9 Å². The number of carbonyl (C=O) groups excluding carboxylic acids is 2. The lowest BCUT2D eigenvalue weighted by molar-refractivity contribution is 0.0932. The van der Waals surface area contributed by atoms with Crippen LogP contribution < -0.4 is 20.1 Å². The van der Waals surface area contributed by atoms with Gasteiger partial charge in [0.05, 0.1) is 20.3 Å². The Morgan fingerprint density at radius 3 is 2.38 bits per heavy atom. The minimum Gasteiger partial charge on any atom is -0.493 e. The zero-order chi connectivity index (χ0) is 23.5. The molecule has 0 bridgehead atoms. The highest BCUT2D eigenvalue weighted by Crippen LogP contribution is 2.38. The molecule has 0 saturated carbocycles. The molecule has 1 atom stereocenters. The van der Waals surface area contributed by atoms with Gasteiger partial charge in [-0.3, -0.25) is 4.79 Å². The van der Waals surface area contributed by atoms with Gasteiger partial charge in [0.1, 0.15) is 0 Å². The summed E-state index contributed by atoms with van der Waals surface area (Å²) in [7, 11) is 3.20. The van der Waals surface area contributed by atoms with Crippen LogP contribution in [0.3, 0.4) is 0 Å². The van der Waals surface area contributed by atoms with Gasteiger partial charge >= 0.3 is 6.03 Å². The van der Waals surface area contributed by atoms with Crippen LogP contribution in [0.4, 0.5) is 4.79 Å². The Kier molecular flexibility index (Phi) is 6.96. The van der Waals surface area contributed by atoms with Crippen LogP contribution in [-0.2, 0) is 6.42 Å². The predicted molar refractivity (Wildman–Crippen MR) is 124 cm³/mol. The van der Waals surface area contributed by atoms with Gasteiger partial charge in [-0.15, -0.1) is 0 Å². The summed E-state index contributed by atoms with van der Waals surface area (Å²) in [6, 6.07) is 10.8. The van der Waals surface area contributed by atoms with Crippen molar-refractivity contribution in [1.82, 2.24) is 15.5 Å². The minimum atomic E-state index is -0.371. The molecule has 3 amide bonds. The van der Waals surface area contributed by atoms with E-state index in [1.54, 1.807) is 25.2 Å². The number of methoxy groups -OCH3 is 2. The van der Waals surface area contributed by atoms with Gasteiger partial charge < -0.3 is 25.0 Å². The fourth-order valence-corrected chi connectivity index (χ4v) is 4.00. The first-order chi connectivity index (χ1) is 15.1. The first-order valence-electron chi connectivity index (χ1n) is 10.8. The van der Waals surface area contributed by atoms with Crippen LogP contribution in [0.2, 0.25) is 0 Å². The Hall–Kier alpha value is -3.22. The van der Waals surface area contributed by atoms with Crippen molar-refractivity contribution in [2.45, 2.75) is 45.7 Å². The summed E-state index contributed by atoms with van der Waals surface area (Å²) in [5.41, 5.74) is 3.19. The second-order valence-electron chi connectivity index (χ2n) is 9.07. The summed E-state index contributed by atoms with van der Waals surface area (Å²) >= 11 is 0. The molecular formula is C25H33N3O4. The van der Waals surface area contributed by atoms with E-state index in [0.29, 0.717) is 30.0 Å². The molecule has 2 N–H and O–H groups in total. The van der Waals surface area contributed by atoms with Crippen molar-refractivity contribution < 1.29 is 19.1 Å². The number of carbonyl (C=O) groups is 2. The van der Waals surface area contributed by atoms with Crippen LogP contribution >= 0.6 is 0 Å². The molecule has 32 heavy (non-hydrogen) atoms. The maximum absolute atomic E-state index is 13.1. The van der Waals surface area contributed by atoms with Crippen LogP contribution in [0.15, 0.2) is 36.4 Å². The molecule has 1 aliphatic heterocycles. The third-order valence-electron chi connectivity index (χ3n) is 5.59. The quantitative estimate of drug-likeness (QED) is 0.742. The molecular weight excluding hydrogens is 406 g/mol. The highest BCUT2D eigenvalue weighted by atomic mass is 16.5. The van der Waals surface area contributed by atoms with Crippen molar-refractivity contribution in [3.05, 3.63) is 58.7 Å². The van der Waals surface area contributed by atoms with Crippen molar-refractivity contribution in [3.63, 3.8) is 0 Å². The summed E-state index contributed by atoms with van der Waals surface area (Å²) < 4.78 is 11.0. The third-order valence-corrected chi connectivity index (χ3v) is 5.59. The predicted octanol–water partition coefficient (Wildman–Crippen LogP) is 3.85. The molecule has 0 radical (unpaired) electrons. The van der Waals surface area contributed by atoms with E-state index in [1.807, 2.05) is 58.0 Å². The topological polar surface area (TPSA) is 79.9 Å². The third kappa shape index (κ3) is 5.15. The molecule has 0 spiro atoms. The molecule has 0 saturated heterocycles. The lowest BCUT2D eigenvalue weighted by Gasteiger charge is -2.39. The Morgan fingerprint density at radius 1 is 1.09 bits per heavy atom. The van der Waals surface area contributed by atoms with Crippen LogP contribution in [0, 0.1) is 6.92 Å². The van der Waals surface area contributed by atoms with Crippen molar-refractivity contribution in [2.75, 3.05) is 27.3 Å². The number of urea groups is 1. The summed E-state index contributed by atoms with van der Waals surface area (Å²) in [5, 5.41) is 6.08. The average Bonchev–Trinajstić information content (AvgIpc) is 2.75. The molecule has 0 aliphatic carbocycles. The summed E-state index contributed by atoms with van der Waals surface area (Å²) in [6.45, 7) is 8.58. The molecule has 2 aromatic carbocycles. The second-order valence-corrected chi connectivity index (χ2v) is 9.07. The van der Waals surface area contributed by atoms with E-state index in [1.165, 1.54) is 0 Å². The average molecular weight is 440 g/mol. The van der Waals surface area contributed by atoms with Gasteiger partial charge in [0, 0.05) is 24.2 Å². The van der Waals surface area contributed by atoms with Crippen molar-refractivity contribution in [1.29, 1.82) is 0 Å². The number of aryl methyl sites for hydroxylation is 1. The van der Waals surface area contributed by atoms with E-state index >= 15 is 0 Å². The maximum Gasteiger partial charge on any atom is 0.318 e. The molecule has 7 heteroatoms. The highest BCUT2D eigenvalue weighted by Gasteiger charge is 2.33. The van der Waals surface area contributed by atoms with E-state index in [9.17, 15) is 9.59 Å². The zero-order valence-corrected chi connectivity index (χ0v) is 19.7. The lowest BCUT2D eigenvalue weighted by atomic mass is 9.91. The van der Waals surface area contributed by atoms with E-state index in [4.69, 9.17) is 9.47 Å².